The molecule has 1 aromatic carbocycles. The van der Waals surface area contributed by atoms with E-state index in [9.17, 15) is 9.59 Å². The van der Waals surface area contributed by atoms with E-state index in [1.807, 2.05) is 6.07 Å². The molecule has 25 heavy (non-hydrogen) atoms. The first-order valence-corrected chi connectivity index (χ1v) is 9.21. The molecule has 0 aliphatic carbocycles. The summed E-state index contributed by atoms with van der Waals surface area (Å²) in [5, 5.41) is 3.21. The molecule has 3 rings (SSSR count). The molecule has 132 valence electrons. The molecule has 2 heterocycles. The van der Waals surface area contributed by atoms with E-state index in [0.29, 0.717) is 6.42 Å². The van der Waals surface area contributed by atoms with E-state index in [0.717, 1.165) is 36.9 Å². The molecule has 0 spiro atoms. The maximum Gasteiger partial charge on any atom is 0.266 e. The number of rotatable bonds is 6. The van der Waals surface area contributed by atoms with Crippen LogP contribution in [0.25, 0.3) is 0 Å². The van der Waals surface area contributed by atoms with Crippen molar-refractivity contribution in [2.45, 2.75) is 51.0 Å². The van der Waals surface area contributed by atoms with Gasteiger partial charge in [0.15, 0.2) is 0 Å². The summed E-state index contributed by atoms with van der Waals surface area (Å²) in [6.07, 6.45) is 4.34. The van der Waals surface area contributed by atoms with Crippen molar-refractivity contribution in [2.24, 2.45) is 0 Å². The van der Waals surface area contributed by atoms with Crippen LogP contribution < -0.4 is 10.9 Å². The summed E-state index contributed by atoms with van der Waals surface area (Å²) in [5.41, 5.74) is 3.00. The van der Waals surface area contributed by atoms with Crippen LogP contribution in [0.15, 0.2) is 41.2 Å². The molecule has 1 saturated heterocycles. The Morgan fingerprint density at radius 2 is 1.92 bits per heavy atom. The highest BCUT2D eigenvalue weighted by Gasteiger charge is 2.26. The number of pyridine rings is 1. The lowest BCUT2D eigenvalue weighted by Gasteiger charge is -2.22. The Morgan fingerprint density at radius 3 is 2.52 bits per heavy atom. The minimum Gasteiger partial charge on any atom is -0.353 e. The molecular formula is C20H23ClN2O2. The van der Waals surface area contributed by atoms with E-state index >= 15 is 0 Å². The molecule has 0 bridgehead atoms. The molecule has 1 aliphatic heterocycles. The fraction of sp³-hybridized carbons (Fsp3) is 0.400. The summed E-state index contributed by atoms with van der Waals surface area (Å²) in [6.45, 7) is 2.16. The minimum absolute atomic E-state index is 0.0176. The number of carbonyl (C=O) groups excluding carboxylic acids is 1. The summed E-state index contributed by atoms with van der Waals surface area (Å²) in [6, 6.07) is 12.2. The van der Waals surface area contributed by atoms with E-state index in [2.05, 4.69) is 41.5 Å². The van der Waals surface area contributed by atoms with Gasteiger partial charge in [-0.3, -0.25) is 9.59 Å². The second-order valence-corrected chi connectivity index (χ2v) is 7.08. The van der Waals surface area contributed by atoms with Gasteiger partial charge in [-0.2, -0.15) is 0 Å². The molecule has 0 saturated carbocycles. The molecule has 1 aliphatic rings. The number of aromatic nitrogens is 1. The van der Waals surface area contributed by atoms with Crippen LogP contribution in [0.4, 0.5) is 0 Å². The standard InChI is InChI=1S/C20H23ClN2O2/c1-2-3-13-4-6-14(7-5-13)16(12-15-8-11-19(24)22-15)18-10-9-17(21)20(25)23-18/h4-7,9-10,15-16H,2-3,8,11-12H2,1H3,(H,22,24)(H,23,25)/t15-,16?/m1/s1. The van der Waals surface area contributed by atoms with E-state index < -0.39 is 0 Å². The van der Waals surface area contributed by atoms with Gasteiger partial charge in [-0.15, -0.1) is 0 Å². The van der Waals surface area contributed by atoms with Crippen LogP contribution in [0.2, 0.25) is 5.02 Å². The number of carbonyl (C=O) groups is 1. The van der Waals surface area contributed by atoms with Gasteiger partial charge in [0.2, 0.25) is 5.91 Å². The fourth-order valence-electron chi connectivity index (χ4n) is 3.46. The first-order chi connectivity index (χ1) is 12.1. The quantitative estimate of drug-likeness (QED) is 0.825. The minimum atomic E-state index is -0.276. The third-order valence-corrected chi connectivity index (χ3v) is 5.08. The average Bonchev–Trinajstić information content (AvgIpc) is 3.02. The van der Waals surface area contributed by atoms with Crippen LogP contribution in [0, 0.1) is 0 Å². The van der Waals surface area contributed by atoms with Crippen LogP contribution in [-0.4, -0.2) is 16.9 Å². The maximum absolute atomic E-state index is 11.9. The third kappa shape index (κ3) is 4.31. The monoisotopic (exact) mass is 358 g/mol. The SMILES string of the molecule is CCCc1ccc(C(C[C@H]2CCC(=O)N2)c2ccc(Cl)c(=O)[nH]2)cc1. The van der Waals surface area contributed by atoms with Crippen LogP contribution in [-0.2, 0) is 11.2 Å². The van der Waals surface area contributed by atoms with Crippen molar-refractivity contribution in [2.75, 3.05) is 0 Å². The lowest BCUT2D eigenvalue weighted by molar-refractivity contribution is -0.119. The second-order valence-electron chi connectivity index (χ2n) is 6.67. The van der Waals surface area contributed by atoms with Crippen LogP contribution in [0.5, 0.6) is 0 Å². The third-order valence-electron chi connectivity index (χ3n) is 4.79. The number of hydrogen-bond donors (Lipinski definition) is 2. The van der Waals surface area contributed by atoms with Crippen molar-refractivity contribution in [3.8, 4) is 0 Å². The lowest BCUT2D eigenvalue weighted by Crippen LogP contribution is -2.28. The Morgan fingerprint density at radius 1 is 1.16 bits per heavy atom. The molecule has 2 atom stereocenters. The highest BCUT2D eigenvalue weighted by atomic mass is 35.5. The predicted octanol–water partition coefficient (Wildman–Crippen LogP) is 3.78. The zero-order valence-electron chi connectivity index (χ0n) is 14.3. The summed E-state index contributed by atoms with van der Waals surface area (Å²) < 4.78 is 0. The first kappa shape index (κ1) is 17.7. The molecule has 5 heteroatoms. The number of nitrogens with one attached hydrogen (secondary N) is 2. The number of aryl methyl sites for hydroxylation is 1. The van der Waals surface area contributed by atoms with E-state index in [4.69, 9.17) is 11.6 Å². The summed E-state index contributed by atoms with van der Waals surface area (Å²) in [4.78, 5) is 26.4. The van der Waals surface area contributed by atoms with Gasteiger partial charge >= 0.3 is 0 Å². The predicted molar refractivity (Wildman–Crippen MR) is 100 cm³/mol. The van der Waals surface area contributed by atoms with Gasteiger partial charge in [0.25, 0.3) is 5.56 Å². The van der Waals surface area contributed by atoms with Gasteiger partial charge in [-0.05, 0) is 42.5 Å². The Kier molecular flexibility index (Phi) is 5.59. The van der Waals surface area contributed by atoms with E-state index in [1.54, 1.807) is 6.07 Å². The number of halogens is 1. The van der Waals surface area contributed by atoms with Gasteiger partial charge in [-0.25, -0.2) is 0 Å². The van der Waals surface area contributed by atoms with Crippen molar-refractivity contribution in [1.29, 1.82) is 0 Å². The zero-order valence-corrected chi connectivity index (χ0v) is 15.1. The van der Waals surface area contributed by atoms with Gasteiger partial charge in [0.05, 0.1) is 0 Å². The average molecular weight is 359 g/mol. The topological polar surface area (TPSA) is 62.0 Å². The summed E-state index contributed by atoms with van der Waals surface area (Å²) >= 11 is 5.88. The highest BCUT2D eigenvalue weighted by molar-refractivity contribution is 6.30. The van der Waals surface area contributed by atoms with Crippen molar-refractivity contribution >= 4 is 17.5 Å². The smallest absolute Gasteiger partial charge is 0.266 e. The van der Waals surface area contributed by atoms with Gasteiger partial charge in [-0.1, -0.05) is 49.2 Å². The van der Waals surface area contributed by atoms with Gasteiger partial charge < -0.3 is 10.3 Å². The van der Waals surface area contributed by atoms with Crippen LogP contribution >= 0.6 is 11.6 Å². The van der Waals surface area contributed by atoms with Gasteiger partial charge in [0, 0.05) is 24.1 Å². The normalized spacial score (nSPS) is 18.2. The van der Waals surface area contributed by atoms with Gasteiger partial charge in [0.1, 0.15) is 5.02 Å². The fourth-order valence-corrected chi connectivity index (χ4v) is 3.57. The Balaban J connectivity index is 1.91. The summed E-state index contributed by atoms with van der Waals surface area (Å²) in [7, 11) is 0. The zero-order chi connectivity index (χ0) is 17.8. The number of benzene rings is 1. The maximum atomic E-state index is 11.9. The second kappa shape index (κ2) is 7.87. The molecule has 1 fully saturated rings. The van der Waals surface area contributed by atoms with Crippen molar-refractivity contribution < 1.29 is 4.79 Å². The van der Waals surface area contributed by atoms with Crippen molar-refractivity contribution in [1.82, 2.24) is 10.3 Å². The highest BCUT2D eigenvalue weighted by Crippen LogP contribution is 2.30. The first-order valence-electron chi connectivity index (χ1n) is 8.83. The molecule has 4 nitrogen and oxygen atoms in total. The summed E-state index contributed by atoms with van der Waals surface area (Å²) in [5.74, 6) is 0.121. The number of aromatic amines is 1. The number of H-pyrrole nitrogens is 1. The number of amides is 1. The van der Waals surface area contributed by atoms with Crippen molar-refractivity contribution in [3.05, 3.63) is 68.6 Å². The molecule has 2 N–H and O–H groups in total. The molecule has 1 aromatic heterocycles. The van der Waals surface area contributed by atoms with E-state index in [1.165, 1.54) is 5.56 Å². The van der Waals surface area contributed by atoms with E-state index in [-0.39, 0.29) is 28.4 Å². The van der Waals surface area contributed by atoms with Crippen molar-refractivity contribution in [3.63, 3.8) is 0 Å². The largest absolute Gasteiger partial charge is 0.353 e. The molecule has 1 unspecified atom stereocenters. The Bertz CT molecular complexity index is 798. The number of hydrogen-bond acceptors (Lipinski definition) is 2. The Hall–Kier alpha value is -2.07. The molecule has 2 aromatic rings. The lowest BCUT2D eigenvalue weighted by atomic mass is 9.87. The Labute approximate surface area is 152 Å². The van der Waals surface area contributed by atoms with Crippen LogP contribution in [0.1, 0.15) is 55.3 Å². The molecule has 1 amide bonds. The molecule has 0 radical (unpaired) electrons. The van der Waals surface area contributed by atoms with Crippen LogP contribution in [0.3, 0.4) is 0 Å². The molecular weight excluding hydrogens is 336 g/mol.